The fourth-order valence-corrected chi connectivity index (χ4v) is 4.58. The number of rotatable bonds is 6. The van der Waals surface area contributed by atoms with Gasteiger partial charge in [0.25, 0.3) is 5.95 Å². The molecule has 0 atom stereocenters. The lowest BCUT2D eigenvalue weighted by Gasteiger charge is -2.35. The number of aromatic amines is 1. The molecule has 0 bridgehead atoms. The van der Waals surface area contributed by atoms with Gasteiger partial charge < -0.3 is 9.80 Å². The molecule has 1 aromatic heterocycles. The van der Waals surface area contributed by atoms with E-state index >= 15 is 0 Å². The van der Waals surface area contributed by atoms with Gasteiger partial charge in [-0.25, -0.2) is 18.5 Å². The van der Waals surface area contributed by atoms with Crippen LogP contribution in [-0.4, -0.2) is 61.0 Å². The molecule has 1 fully saturated rings. The Hall–Kier alpha value is -3.41. The van der Waals surface area contributed by atoms with Gasteiger partial charge in [-0.2, -0.15) is 18.2 Å². The zero-order valence-electron chi connectivity index (χ0n) is 17.4. The minimum Gasteiger partial charge on any atom is -0.368 e. The van der Waals surface area contributed by atoms with Gasteiger partial charge in [0.2, 0.25) is 15.0 Å². The zero-order valence-corrected chi connectivity index (χ0v) is 18.2. The molecule has 0 aliphatic carbocycles. The van der Waals surface area contributed by atoms with Crippen LogP contribution < -0.4 is 4.90 Å². The highest BCUT2D eigenvalue weighted by Crippen LogP contribution is 2.31. The average molecular weight is 479 g/mol. The normalized spacial score (nSPS) is 15.4. The average Bonchev–Trinajstić information content (AvgIpc) is 3.28. The largest absolute Gasteiger partial charge is 0.416 e. The summed E-state index contributed by atoms with van der Waals surface area (Å²) in [6, 6.07) is 14.0. The minimum atomic E-state index is -4.38. The third-order valence-electron chi connectivity index (χ3n) is 5.14. The zero-order chi connectivity index (χ0) is 23.5. The number of aromatic nitrogens is 3. The molecule has 2 aromatic carbocycles. The molecule has 0 amide bonds. The number of nitrogens with one attached hydrogen (secondary N) is 1. The summed E-state index contributed by atoms with van der Waals surface area (Å²) >= 11 is 0. The fourth-order valence-electron chi connectivity index (χ4n) is 3.41. The second-order valence-electron chi connectivity index (χ2n) is 7.50. The van der Waals surface area contributed by atoms with Gasteiger partial charge in [-0.15, -0.1) is 5.10 Å². The van der Waals surface area contributed by atoms with E-state index in [2.05, 4.69) is 20.2 Å². The molecule has 1 N–H and O–H groups in total. The van der Waals surface area contributed by atoms with E-state index < -0.39 is 21.6 Å². The molecule has 0 radical (unpaired) electrons. The summed E-state index contributed by atoms with van der Waals surface area (Å²) in [4.78, 5) is 11.8. The molecule has 1 aliphatic rings. The molecule has 0 saturated carbocycles. The van der Waals surface area contributed by atoms with Gasteiger partial charge in [0.05, 0.1) is 17.7 Å². The van der Waals surface area contributed by atoms with Crippen molar-refractivity contribution in [3.05, 3.63) is 65.7 Å². The number of sulfone groups is 1. The van der Waals surface area contributed by atoms with Crippen molar-refractivity contribution in [2.24, 2.45) is 4.99 Å². The Bertz CT molecular complexity index is 1220. The number of aliphatic imine (C=N–C) groups is 1. The van der Waals surface area contributed by atoms with Crippen LogP contribution in [0.1, 0.15) is 11.1 Å². The lowest BCUT2D eigenvalue weighted by atomic mass is 10.1. The molecule has 2 heterocycles. The van der Waals surface area contributed by atoms with Gasteiger partial charge in [0.1, 0.15) is 0 Å². The minimum absolute atomic E-state index is 0.0121. The molecule has 0 spiro atoms. The van der Waals surface area contributed by atoms with Gasteiger partial charge in [0, 0.05) is 31.9 Å². The molecular formula is C21H21F3N6O2S. The predicted octanol–water partition coefficient (Wildman–Crippen LogP) is 3.28. The monoisotopic (exact) mass is 478 g/mol. The van der Waals surface area contributed by atoms with Gasteiger partial charge in [-0.3, -0.25) is 0 Å². The standard InChI is InChI=1S/C21H21F3N6O2S/c22-21(23,24)17-7-4-8-18(13-17)30-11-9-29(10-12-30)15-25-19-26-20(28-27-19)33(31,32)14-16-5-2-1-3-6-16/h1-8,13,15H,9-12,14H2,(H,26,27,28)/b25-15+. The topological polar surface area (TPSA) is 94.6 Å². The van der Waals surface area contributed by atoms with E-state index in [1.165, 1.54) is 12.4 Å². The summed E-state index contributed by atoms with van der Waals surface area (Å²) < 4.78 is 63.9. The molecule has 174 valence electrons. The summed E-state index contributed by atoms with van der Waals surface area (Å²) in [5.41, 5.74) is 0.479. The van der Waals surface area contributed by atoms with Crippen LogP contribution in [0.4, 0.5) is 24.8 Å². The number of piperazine rings is 1. The van der Waals surface area contributed by atoms with E-state index in [-0.39, 0.29) is 16.9 Å². The Morgan fingerprint density at radius 2 is 1.76 bits per heavy atom. The van der Waals surface area contributed by atoms with E-state index in [0.29, 0.717) is 37.4 Å². The Morgan fingerprint density at radius 1 is 1.03 bits per heavy atom. The van der Waals surface area contributed by atoms with Crippen molar-refractivity contribution in [3.63, 3.8) is 0 Å². The van der Waals surface area contributed by atoms with Crippen LogP contribution in [0.2, 0.25) is 0 Å². The maximum atomic E-state index is 12.9. The second-order valence-corrected chi connectivity index (χ2v) is 9.41. The molecule has 0 unspecified atom stereocenters. The van der Waals surface area contributed by atoms with Crippen molar-refractivity contribution in [3.8, 4) is 0 Å². The number of hydrogen-bond donors (Lipinski definition) is 1. The Balaban J connectivity index is 1.35. The van der Waals surface area contributed by atoms with Crippen molar-refractivity contribution in [2.45, 2.75) is 17.1 Å². The number of benzene rings is 2. The van der Waals surface area contributed by atoms with E-state index in [1.807, 2.05) is 9.80 Å². The molecule has 3 aromatic rings. The highest BCUT2D eigenvalue weighted by Gasteiger charge is 2.31. The molecule has 4 rings (SSSR count). The molecule has 8 nitrogen and oxygen atoms in total. The Kier molecular flexibility index (Phi) is 6.36. The molecular weight excluding hydrogens is 457 g/mol. The second kappa shape index (κ2) is 9.22. The third-order valence-corrected chi connectivity index (χ3v) is 6.62. The number of halogens is 3. The van der Waals surface area contributed by atoms with Gasteiger partial charge >= 0.3 is 6.18 Å². The quantitative estimate of drug-likeness (QED) is 0.432. The Morgan fingerprint density at radius 3 is 2.45 bits per heavy atom. The van der Waals surface area contributed by atoms with Crippen molar-refractivity contribution in [1.29, 1.82) is 0 Å². The van der Waals surface area contributed by atoms with E-state index in [0.717, 1.165) is 12.1 Å². The SMILES string of the molecule is O=S(=O)(Cc1ccccc1)c1nc(/N=C/N2CCN(c3cccc(C(F)(F)F)c3)CC2)n[nH]1. The van der Waals surface area contributed by atoms with E-state index in [9.17, 15) is 21.6 Å². The first-order valence-corrected chi connectivity index (χ1v) is 11.8. The highest BCUT2D eigenvalue weighted by molar-refractivity contribution is 7.90. The first-order valence-electron chi connectivity index (χ1n) is 10.1. The van der Waals surface area contributed by atoms with Crippen LogP contribution in [0.3, 0.4) is 0 Å². The maximum Gasteiger partial charge on any atom is 0.416 e. The Labute approximate surface area is 188 Å². The maximum absolute atomic E-state index is 12.9. The fraction of sp³-hybridized carbons (Fsp3) is 0.286. The van der Waals surface area contributed by atoms with Gasteiger partial charge in [-0.1, -0.05) is 36.4 Å². The number of H-pyrrole nitrogens is 1. The summed E-state index contributed by atoms with van der Waals surface area (Å²) in [7, 11) is -3.69. The van der Waals surface area contributed by atoms with Crippen LogP contribution >= 0.6 is 0 Å². The highest BCUT2D eigenvalue weighted by atomic mass is 32.2. The number of nitrogens with zero attached hydrogens (tertiary/aromatic N) is 5. The molecule has 12 heteroatoms. The van der Waals surface area contributed by atoms with Crippen molar-refractivity contribution in [2.75, 3.05) is 31.1 Å². The smallest absolute Gasteiger partial charge is 0.368 e. The van der Waals surface area contributed by atoms with Crippen LogP contribution in [0, 0.1) is 0 Å². The first-order chi connectivity index (χ1) is 15.7. The number of anilines is 1. The summed E-state index contributed by atoms with van der Waals surface area (Å²) in [6.07, 6.45) is -2.87. The van der Waals surface area contributed by atoms with Gasteiger partial charge in [-0.05, 0) is 23.8 Å². The van der Waals surface area contributed by atoms with Crippen LogP contribution in [0.25, 0.3) is 0 Å². The number of alkyl halides is 3. The summed E-state index contributed by atoms with van der Waals surface area (Å²) in [6.45, 7) is 2.09. The lowest BCUT2D eigenvalue weighted by Crippen LogP contribution is -2.45. The van der Waals surface area contributed by atoms with Crippen LogP contribution in [0.5, 0.6) is 0 Å². The first kappa shape index (κ1) is 22.8. The van der Waals surface area contributed by atoms with Crippen LogP contribution in [-0.2, 0) is 21.8 Å². The van der Waals surface area contributed by atoms with Gasteiger partial charge in [0.15, 0.2) is 0 Å². The number of hydrogen-bond acceptors (Lipinski definition) is 6. The predicted molar refractivity (Wildman–Crippen MR) is 117 cm³/mol. The van der Waals surface area contributed by atoms with Crippen molar-refractivity contribution < 1.29 is 21.6 Å². The van der Waals surface area contributed by atoms with Crippen molar-refractivity contribution >= 4 is 27.8 Å². The molecule has 1 saturated heterocycles. The van der Waals surface area contributed by atoms with E-state index in [4.69, 9.17) is 0 Å². The third kappa shape index (κ3) is 5.69. The molecule has 1 aliphatic heterocycles. The van der Waals surface area contributed by atoms with Crippen molar-refractivity contribution in [1.82, 2.24) is 20.1 Å². The molecule has 33 heavy (non-hydrogen) atoms. The summed E-state index contributed by atoms with van der Waals surface area (Å²) in [5, 5.41) is 6.01. The lowest BCUT2D eigenvalue weighted by molar-refractivity contribution is -0.137. The van der Waals surface area contributed by atoms with E-state index in [1.54, 1.807) is 36.4 Å². The van der Waals surface area contributed by atoms with Crippen LogP contribution in [0.15, 0.2) is 64.7 Å². The summed E-state index contributed by atoms with van der Waals surface area (Å²) in [5.74, 6) is -0.217.